The quantitative estimate of drug-likeness (QED) is 0.552. The SMILES string of the molecule is CCCCC(CC)CC(NCC)C(C)(CC)OCC. The van der Waals surface area contributed by atoms with Gasteiger partial charge >= 0.3 is 0 Å². The van der Waals surface area contributed by atoms with Gasteiger partial charge in [-0.1, -0.05) is 53.4 Å². The lowest BCUT2D eigenvalue weighted by Gasteiger charge is -2.39. The Balaban J connectivity index is 4.67. The van der Waals surface area contributed by atoms with E-state index in [1.807, 2.05) is 0 Å². The molecular formula is C17H37NO. The molecule has 2 nitrogen and oxygen atoms in total. The second-order valence-electron chi connectivity index (χ2n) is 5.86. The van der Waals surface area contributed by atoms with E-state index in [0.29, 0.717) is 6.04 Å². The van der Waals surface area contributed by atoms with Crippen molar-refractivity contribution in [3.05, 3.63) is 0 Å². The van der Waals surface area contributed by atoms with Crippen LogP contribution >= 0.6 is 0 Å². The van der Waals surface area contributed by atoms with Crippen LogP contribution in [-0.2, 0) is 4.74 Å². The average Bonchev–Trinajstić information content (AvgIpc) is 2.42. The molecule has 0 aliphatic rings. The molecular weight excluding hydrogens is 234 g/mol. The van der Waals surface area contributed by atoms with Crippen LogP contribution < -0.4 is 5.32 Å². The second-order valence-corrected chi connectivity index (χ2v) is 5.86. The Morgan fingerprint density at radius 2 is 1.79 bits per heavy atom. The molecule has 0 fully saturated rings. The van der Waals surface area contributed by atoms with Crippen molar-refractivity contribution in [3.63, 3.8) is 0 Å². The normalized spacial score (nSPS) is 18.0. The molecule has 0 aromatic carbocycles. The highest BCUT2D eigenvalue weighted by Crippen LogP contribution is 2.28. The molecule has 0 aromatic heterocycles. The Morgan fingerprint density at radius 1 is 1.11 bits per heavy atom. The van der Waals surface area contributed by atoms with Gasteiger partial charge in [0.2, 0.25) is 0 Å². The Bertz CT molecular complexity index is 207. The minimum atomic E-state index is -0.0234. The lowest BCUT2D eigenvalue weighted by molar-refractivity contribution is -0.0603. The summed E-state index contributed by atoms with van der Waals surface area (Å²) >= 11 is 0. The van der Waals surface area contributed by atoms with Crippen LogP contribution in [0.5, 0.6) is 0 Å². The Labute approximate surface area is 121 Å². The van der Waals surface area contributed by atoms with Crippen molar-refractivity contribution < 1.29 is 4.74 Å². The van der Waals surface area contributed by atoms with E-state index < -0.39 is 0 Å². The summed E-state index contributed by atoms with van der Waals surface area (Å²) in [4.78, 5) is 0. The molecule has 0 aliphatic carbocycles. The van der Waals surface area contributed by atoms with E-state index in [9.17, 15) is 0 Å². The van der Waals surface area contributed by atoms with E-state index in [1.165, 1.54) is 32.1 Å². The Hall–Kier alpha value is -0.0800. The smallest absolute Gasteiger partial charge is 0.0804 e. The predicted octanol–water partition coefficient (Wildman–Crippen LogP) is 4.78. The fraction of sp³-hybridized carbons (Fsp3) is 1.00. The first-order valence-corrected chi connectivity index (χ1v) is 8.45. The molecule has 0 radical (unpaired) electrons. The minimum absolute atomic E-state index is 0.0234. The minimum Gasteiger partial charge on any atom is -0.374 e. The van der Waals surface area contributed by atoms with Crippen molar-refractivity contribution in [3.8, 4) is 0 Å². The lowest BCUT2D eigenvalue weighted by Crippen LogP contribution is -2.51. The van der Waals surface area contributed by atoms with Gasteiger partial charge in [0.05, 0.1) is 5.60 Å². The number of nitrogens with one attached hydrogen (secondary N) is 1. The summed E-state index contributed by atoms with van der Waals surface area (Å²) in [6.45, 7) is 15.3. The second kappa shape index (κ2) is 10.7. The summed E-state index contributed by atoms with van der Waals surface area (Å²) in [6.07, 6.45) is 7.62. The fourth-order valence-corrected chi connectivity index (χ4v) is 2.89. The number of likely N-dealkylation sites (N-methyl/N-ethyl adjacent to an activating group) is 1. The van der Waals surface area contributed by atoms with E-state index in [4.69, 9.17) is 4.74 Å². The van der Waals surface area contributed by atoms with Crippen LogP contribution in [0.4, 0.5) is 0 Å². The van der Waals surface area contributed by atoms with Gasteiger partial charge in [0, 0.05) is 12.6 Å². The molecule has 0 rings (SSSR count). The van der Waals surface area contributed by atoms with E-state index in [1.54, 1.807) is 0 Å². The van der Waals surface area contributed by atoms with Crippen molar-refractivity contribution in [2.24, 2.45) is 5.92 Å². The van der Waals surface area contributed by atoms with Crippen molar-refractivity contribution in [1.82, 2.24) is 5.32 Å². The van der Waals surface area contributed by atoms with Crippen molar-refractivity contribution >= 4 is 0 Å². The fourth-order valence-electron chi connectivity index (χ4n) is 2.89. The van der Waals surface area contributed by atoms with Crippen LogP contribution in [0.3, 0.4) is 0 Å². The molecule has 0 aromatic rings. The molecule has 0 heterocycles. The van der Waals surface area contributed by atoms with E-state index in [0.717, 1.165) is 25.5 Å². The molecule has 0 saturated carbocycles. The van der Waals surface area contributed by atoms with Crippen LogP contribution in [0.1, 0.15) is 80.1 Å². The lowest BCUT2D eigenvalue weighted by atomic mass is 9.83. The van der Waals surface area contributed by atoms with Gasteiger partial charge in [0.25, 0.3) is 0 Å². The molecule has 0 saturated heterocycles. The molecule has 3 atom stereocenters. The van der Waals surface area contributed by atoms with Crippen molar-refractivity contribution in [2.75, 3.05) is 13.2 Å². The van der Waals surface area contributed by atoms with Crippen LogP contribution in [0.15, 0.2) is 0 Å². The van der Waals surface area contributed by atoms with Crippen LogP contribution in [0.25, 0.3) is 0 Å². The summed E-state index contributed by atoms with van der Waals surface area (Å²) in [6, 6.07) is 0.476. The van der Waals surface area contributed by atoms with Gasteiger partial charge in [-0.15, -0.1) is 0 Å². The van der Waals surface area contributed by atoms with Gasteiger partial charge in [-0.25, -0.2) is 0 Å². The molecule has 0 amide bonds. The summed E-state index contributed by atoms with van der Waals surface area (Å²) in [5.41, 5.74) is -0.0234. The maximum atomic E-state index is 6.08. The maximum absolute atomic E-state index is 6.08. The topological polar surface area (TPSA) is 21.3 Å². The standard InChI is InChI=1S/C17H37NO/c1-7-12-13-15(8-2)14-16(18-10-4)17(6,9-3)19-11-5/h15-16,18H,7-14H2,1-6H3. The van der Waals surface area contributed by atoms with Crippen LogP contribution in [0.2, 0.25) is 0 Å². The molecule has 3 unspecified atom stereocenters. The third-order valence-electron chi connectivity index (χ3n) is 4.48. The third kappa shape index (κ3) is 6.76. The predicted molar refractivity (Wildman–Crippen MR) is 85.7 cm³/mol. The summed E-state index contributed by atoms with van der Waals surface area (Å²) in [5.74, 6) is 0.829. The van der Waals surface area contributed by atoms with Gasteiger partial charge in [0.1, 0.15) is 0 Å². The Morgan fingerprint density at radius 3 is 2.21 bits per heavy atom. The Kier molecular flexibility index (Phi) is 10.6. The summed E-state index contributed by atoms with van der Waals surface area (Å²) in [7, 11) is 0. The monoisotopic (exact) mass is 271 g/mol. The summed E-state index contributed by atoms with van der Waals surface area (Å²) < 4.78 is 6.08. The molecule has 19 heavy (non-hydrogen) atoms. The first kappa shape index (κ1) is 18.9. The molecule has 116 valence electrons. The van der Waals surface area contributed by atoms with Gasteiger partial charge in [-0.2, -0.15) is 0 Å². The van der Waals surface area contributed by atoms with Gasteiger partial charge in [-0.3, -0.25) is 0 Å². The number of rotatable bonds is 12. The molecule has 1 N–H and O–H groups in total. The highest BCUT2D eigenvalue weighted by Gasteiger charge is 2.33. The molecule has 2 heteroatoms. The van der Waals surface area contributed by atoms with E-state index >= 15 is 0 Å². The highest BCUT2D eigenvalue weighted by molar-refractivity contribution is 4.90. The largest absolute Gasteiger partial charge is 0.374 e. The highest BCUT2D eigenvalue weighted by atomic mass is 16.5. The van der Waals surface area contributed by atoms with Gasteiger partial charge in [-0.05, 0) is 39.2 Å². The van der Waals surface area contributed by atoms with Crippen LogP contribution in [-0.4, -0.2) is 24.8 Å². The number of hydrogen-bond acceptors (Lipinski definition) is 2. The van der Waals surface area contributed by atoms with Crippen LogP contribution in [0, 0.1) is 5.92 Å². The first-order chi connectivity index (χ1) is 9.07. The van der Waals surface area contributed by atoms with E-state index in [-0.39, 0.29) is 5.60 Å². The third-order valence-corrected chi connectivity index (χ3v) is 4.48. The number of hydrogen-bond donors (Lipinski definition) is 1. The average molecular weight is 271 g/mol. The van der Waals surface area contributed by atoms with Gasteiger partial charge < -0.3 is 10.1 Å². The molecule has 0 spiro atoms. The maximum Gasteiger partial charge on any atom is 0.0804 e. The zero-order valence-electron chi connectivity index (χ0n) is 14.2. The zero-order valence-corrected chi connectivity index (χ0v) is 14.2. The molecule has 0 bridgehead atoms. The van der Waals surface area contributed by atoms with Crippen molar-refractivity contribution in [2.45, 2.75) is 91.7 Å². The number of unbranched alkanes of at least 4 members (excludes halogenated alkanes) is 1. The zero-order chi connectivity index (χ0) is 14.7. The summed E-state index contributed by atoms with van der Waals surface area (Å²) in [5, 5.41) is 3.68. The molecule has 0 aliphatic heterocycles. The first-order valence-electron chi connectivity index (χ1n) is 8.45. The van der Waals surface area contributed by atoms with Gasteiger partial charge in [0.15, 0.2) is 0 Å². The van der Waals surface area contributed by atoms with E-state index in [2.05, 4.69) is 46.9 Å². The van der Waals surface area contributed by atoms with Crippen molar-refractivity contribution in [1.29, 1.82) is 0 Å². The number of ether oxygens (including phenoxy) is 1.